The van der Waals surface area contributed by atoms with Crippen LogP contribution in [0.1, 0.15) is 17.7 Å². The van der Waals surface area contributed by atoms with Gasteiger partial charge >= 0.3 is 6.03 Å². The maximum atomic E-state index is 12.4. The number of amides is 2. The first-order valence-electron chi connectivity index (χ1n) is 8.14. The Kier molecular flexibility index (Phi) is 5.37. The fraction of sp³-hybridized carbons (Fsp3) is 0.412. The molecule has 0 spiro atoms. The maximum Gasteiger partial charge on any atom is 0.321 e. The van der Waals surface area contributed by atoms with Crippen LogP contribution in [-0.4, -0.2) is 52.2 Å². The predicted octanol–water partition coefficient (Wildman–Crippen LogP) is 3.11. The molecule has 0 saturated carbocycles. The number of hydrogen-bond donors (Lipinski definition) is 2. The Morgan fingerprint density at radius 3 is 2.96 bits per heavy atom. The molecule has 7 heteroatoms. The minimum absolute atomic E-state index is 0.0707. The molecule has 1 aromatic carbocycles. The van der Waals surface area contributed by atoms with E-state index in [9.17, 15) is 4.79 Å². The number of rotatable bonds is 3. The van der Waals surface area contributed by atoms with Crippen LogP contribution < -0.4 is 5.32 Å². The molecule has 0 bridgehead atoms. The van der Waals surface area contributed by atoms with Crippen molar-refractivity contribution < 1.29 is 4.79 Å². The number of nitrogens with zero attached hydrogens (tertiary/aromatic N) is 3. The van der Waals surface area contributed by atoms with Gasteiger partial charge in [-0.25, -0.2) is 4.79 Å². The van der Waals surface area contributed by atoms with Crippen LogP contribution in [-0.2, 0) is 6.54 Å². The van der Waals surface area contributed by atoms with Crippen LogP contribution in [0.15, 0.2) is 30.5 Å². The van der Waals surface area contributed by atoms with Crippen molar-refractivity contribution in [3.63, 3.8) is 0 Å². The summed E-state index contributed by atoms with van der Waals surface area (Å²) in [5.41, 5.74) is 3.05. The van der Waals surface area contributed by atoms with Gasteiger partial charge in [0.1, 0.15) is 0 Å². The van der Waals surface area contributed by atoms with Crippen molar-refractivity contribution in [3.8, 4) is 0 Å². The first-order valence-corrected chi connectivity index (χ1v) is 8.52. The number of carbonyl (C=O) groups is 1. The molecule has 2 amide bonds. The van der Waals surface area contributed by atoms with Gasteiger partial charge in [0.2, 0.25) is 0 Å². The second-order valence-corrected chi connectivity index (χ2v) is 6.51. The van der Waals surface area contributed by atoms with E-state index in [0.717, 1.165) is 44.0 Å². The summed E-state index contributed by atoms with van der Waals surface area (Å²) in [5.74, 6) is 0. The Bertz CT molecular complexity index is 702. The first kappa shape index (κ1) is 16.8. The van der Waals surface area contributed by atoms with Crippen molar-refractivity contribution in [2.75, 3.05) is 31.5 Å². The van der Waals surface area contributed by atoms with Crippen LogP contribution in [0, 0.1) is 6.92 Å². The van der Waals surface area contributed by atoms with Crippen molar-refractivity contribution in [3.05, 3.63) is 46.7 Å². The highest BCUT2D eigenvalue weighted by Crippen LogP contribution is 2.16. The molecule has 1 fully saturated rings. The van der Waals surface area contributed by atoms with Crippen molar-refractivity contribution in [2.45, 2.75) is 19.9 Å². The summed E-state index contributed by atoms with van der Waals surface area (Å²) in [4.78, 5) is 16.7. The Morgan fingerprint density at radius 2 is 2.21 bits per heavy atom. The zero-order valence-electron chi connectivity index (χ0n) is 13.8. The van der Waals surface area contributed by atoms with Crippen LogP contribution in [0.25, 0.3) is 0 Å². The summed E-state index contributed by atoms with van der Waals surface area (Å²) >= 11 is 5.96. The summed E-state index contributed by atoms with van der Waals surface area (Å²) in [6.07, 6.45) is 2.84. The highest BCUT2D eigenvalue weighted by Gasteiger charge is 2.20. The van der Waals surface area contributed by atoms with E-state index in [2.05, 4.69) is 20.4 Å². The molecule has 1 saturated heterocycles. The number of urea groups is 1. The Labute approximate surface area is 146 Å². The SMILES string of the molecule is Cc1[nH]ncc1CN1CCCN(C(=O)Nc2cccc(Cl)c2)CC1. The molecule has 0 radical (unpaired) electrons. The van der Waals surface area contributed by atoms with Crippen LogP contribution >= 0.6 is 11.6 Å². The molecule has 24 heavy (non-hydrogen) atoms. The molecule has 128 valence electrons. The lowest BCUT2D eigenvalue weighted by molar-refractivity contribution is 0.211. The average molecular weight is 348 g/mol. The minimum atomic E-state index is -0.0707. The molecule has 6 nitrogen and oxygen atoms in total. The van der Waals surface area contributed by atoms with E-state index in [1.807, 2.05) is 30.2 Å². The standard InChI is InChI=1S/C17H22ClN5O/c1-13-14(11-19-21-13)12-22-6-3-7-23(9-8-22)17(24)20-16-5-2-4-15(18)10-16/h2,4-5,10-11H,3,6-9,12H2,1H3,(H,19,21)(H,20,24). The average Bonchev–Trinajstić information content (AvgIpc) is 2.81. The molecule has 1 aliphatic heterocycles. The lowest BCUT2D eigenvalue weighted by atomic mass is 10.2. The van der Waals surface area contributed by atoms with Gasteiger partial charge in [-0.3, -0.25) is 10.00 Å². The smallest absolute Gasteiger partial charge is 0.321 e. The van der Waals surface area contributed by atoms with E-state index in [1.54, 1.807) is 12.1 Å². The molecule has 1 aromatic heterocycles. The van der Waals surface area contributed by atoms with Gasteiger partial charge in [0.15, 0.2) is 0 Å². The fourth-order valence-electron chi connectivity index (χ4n) is 2.88. The van der Waals surface area contributed by atoms with Gasteiger partial charge in [-0.1, -0.05) is 17.7 Å². The molecule has 2 heterocycles. The summed E-state index contributed by atoms with van der Waals surface area (Å²) in [6.45, 7) is 6.20. The Hall–Kier alpha value is -2.05. The van der Waals surface area contributed by atoms with Crippen molar-refractivity contribution in [2.24, 2.45) is 0 Å². The molecule has 3 rings (SSSR count). The Morgan fingerprint density at radius 1 is 1.33 bits per heavy atom. The number of aromatic amines is 1. The molecule has 0 aliphatic carbocycles. The van der Waals surface area contributed by atoms with Gasteiger partial charge in [-0.2, -0.15) is 5.10 Å². The number of benzene rings is 1. The van der Waals surface area contributed by atoms with Gasteiger partial charge in [-0.05, 0) is 31.5 Å². The molecule has 2 aromatic rings. The number of H-pyrrole nitrogens is 1. The largest absolute Gasteiger partial charge is 0.323 e. The molecule has 0 atom stereocenters. The number of carbonyl (C=O) groups excluding carboxylic acids is 1. The topological polar surface area (TPSA) is 64.3 Å². The van der Waals surface area contributed by atoms with E-state index >= 15 is 0 Å². The fourth-order valence-corrected chi connectivity index (χ4v) is 3.07. The molecular weight excluding hydrogens is 326 g/mol. The number of aromatic nitrogens is 2. The van der Waals surface area contributed by atoms with Crippen LogP contribution in [0.4, 0.5) is 10.5 Å². The molecule has 0 unspecified atom stereocenters. The van der Waals surface area contributed by atoms with Crippen LogP contribution in [0.5, 0.6) is 0 Å². The first-order chi connectivity index (χ1) is 11.6. The third kappa shape index (κ3) is 4.27. The minimum Gasteiger partial charge on any atom is -0.323 e. The summed E-state index contributed by atoms with van der Waals surface area (Å²) < 4.78 is 0. The van der Waals surface area contributed by atoms with E-state index in [4.69, 9.17) is 11.6 Å². The second kappa shape index (κ2) is 7.68. The number of anilines is 1. The highest BCUT2D eigenvalue weighted by atomic mass is 35.5. The van der Waals surface area contributed by atoms with Crippen molar-refractivity contribution >= 4 is 23.3 Å². The number of aryl methyl sites for hydroxylation is 1. The van der Waals surface area contributed by atoms with E-state index in [1.165, 1.54) is 5.56 Å². The number of halogens is 1. The van der Waals surface area contributed by atoms with Crippen LogP contribution in [0.3, 0.4) is 0 Å². The second-order valence-electron chi connectivity index (χ2n) is 6.08. The molecule has 2 N–H and O–H groups in total. The summed E-state index contributed by atoms with van der Waals surface area (Å²) in [5, 5.41) is 10.6. The monoisotopic (exact) mass is 347 g/mol. The van der Waals surface area contributed by atoms with Gasteiger partial charge in [0, 0.05) is 54.7 Å². The zero-order valence-corrected chi connectivity index (χ0v) is 14.5. The summed E-state index contributed by atoms with van der Waals surface area (Å²) in [7, 11) is 0. The molecular formula is C17H22ClN5O. The molecule has 1 aliphatic rings. The number of hydrogen-bond acceptors (Lipinski definition) is 3. The van der Waals surface area contributed by atoms with E-state index < -0.39 is 0 Å². The van der Waals surface area contributed by atoms with Gasteiger partial charge in [0.25, 0.3) is 0 Å². The quantitative estimate of drug-likeness (QED) is 0.896. The van der Waals surface area contributed by atoms with Crippen molar-refractivity contribution in [1.82, 2.24) is 20.0 Å². The zero-order chi connectivity index (χ0) is 16.9. The van der Waals surface area contributed by atoms with Crippen molar-refractivity contribution in [1.29, 1.82) is 0 Å². The summed E-state index contributed by atoms with van der Waals surface area (Å²) in [6, 6.07) is 7.15. The maximum absolute atomic E-state index is 12.4. The predicted molar refractivity (Wildman–Crippen MR) is 95.3 cm³/mol. The third-order valence-electron chi connectivity index (χ3n) is 4.28. The van der Waals surface area contributed by atoms with Gasteiger partial charge in [0.05, 0.1) is 6.20 Å². The van der Waals surface area contributed by atoms with E-state index in [0.29, 0.717) is 11.6 Å². The Balaban J connectivity index is 1.55. The lowest BCUT2D eigenvalue weighted by Crippen LogP contribution is -2.38. The lowest BCUT2D eigenvalue weighted by Gasteiger charge is -2.22. The normalized spacial score (nSPS) is 16.0. The van der Waals surface area contributed by atoms with Crippen LogP contribution in [0.2, 0.25) is 5.02 Å². The van der Waals surface area contributed by atoms with E-state index in [-0.39, 0.29) is 6.03 Å². The highest BCUT2D eigenvalue weighted by molar-refractivity contribution is 6.30. The number of nitrogens with one attached hydrogen (secondary N) is 2. The third-order valence-corrected chi connectivity index (χ3v) is 4.51. The van der Waals surface area contributed by atoms with Gasteiger partial charge in [-0.15, -0.1) is 0 Å². The van der Waals surface area contributed by atoms with Gasteiger partial charge < -0.3 is 10.2 Å².